The monoisotopic (exact) mass is 193 g/mol. The number of hydrogen-bond donors (Lipinski definition) is 0. The molecule has 0 spiro atoms. The Bertz CT molecular complexity index is 232. The minimum absolute atomic E-state index is 0. The van der Waals surface area contributed by atoms with Crippen molar-refractivity contribution in [1.29, 1.82) is 0 Å². The molecule has 0 aromatic carbocycles. The second-order valence-corrected chi connectivity index (χ2v) is 3.91. The van der Waals surface area contributed by atoms with Crippen molar-refractivity contribution in [2.75, 3.05) is 6.61 Å². The maximum absolute atomic E-state index is 10.3. The van der Waals surface area contributed by atoms with E-state index in [9.17, 15) is 9.90 Å². The fourth-order valence-electron chi connectivity index (χ4n) is 0.929. The van der Waals surface area contributed by atoms with Crippen molar-refractivity contribution in [3.63, 3.8) is 0 Å². The second-order valence-electron chi connectivity index (χ2n) is 3.91. The molecule has 4 nitrogen and oxygen atoms in total. The van der Waals surface area contributed by atoms with E-state index in [0.717, 1.165) is 0 Å². The number of carboxylic acids is 1. The number of carboxylic acid groups (broad SMARTS) is 1. The molecule has 0 radical (unpaired) electrons. The third-order valence-electron chi connectivity index (χ3n) is 1.83. The smallest absolute Gasteiger partial charge is 0.540 e. The topological polar surface area (TPSA) is 61.7 Å². The van der Waals surface area contributed by atoms with Crippen molar-refractivity contribution in [2.24, 2.45) is 10.4 Å². The summed E-state index contributed by atoms with van der Waals surface area (Å²) in [4.78, 5) is 14.2. The summed E-state index contributed by atoms with van der Waals surface area (Å²) < 4.78 is 4.84. The van der Waals surface area contributed by atoms with E-state index in [-0.39, 0.29) is 46.9 Å². The van der Waals surface area contributed by atoms with Crippen LogP contribution in [0.1, 0.15) is 20.8 Å². The van der Waals surface area contributed by atoms with Crippen molar-refractivity contribution in [1.82, 2.24) is 0 Å². The van der Waals surface area contributed by atoms with Gasteiger partial charge in [0, 0.05) is 0 Å². The normalized spacial score (nSPS) is 21.5. The Balaban J connectivity index is 0.00000144. The van der Waals surface area contributed by atoms with E-state index in [1.54, 1.807) is 0 Å². The molecule has 1 atom stereocenters. The van der Waals surface area contributed by atoms with E-state index < -0.39 is 5.97 Å². The number of rotatable bonds is 1. The number of nitrogens with zero attached hydrogens (tertiary/aromatic N) is 1. The number of aliphatic carboxylic acids is 1. The maximum Gasteiger partial charge on any atom is 1.00 e. The van der Waals surface area contributed by atoms with Crippen LogP contribution in [0.25, 0.3) is 0 Å². The third kappa shape index (κ3) is 3.29. The van der Waals surface area contributed by atoms with Crippen LogP contribution in [0.4, 0.5) is 0 Å². The molecule has 13 heavy (non-hydrogen) atoms. The third-order valence-corrected chi connectivity index (χ3v) is 1.83. The molecule has 68 valence electrons. The predicted octanol–water partition coefficient (Wildman–Crippen LogP) is -3.42. The number of hydrogen-bond acceptors (Lipinski definition) is 4. The Hall–Kier alpha value is -0.0600. The Morgan fingerprint density at radius 1 is 1.62 bits per heavy atom. The van der Waals surface area contributed by atoms with E-state index in [4.69, 9.17) is 4.74 Å². The van der Waals surface area contributed by atoms with Crippen molar-refractivity contribution in [3.05, 3.63) is 0 Å². The first-order valence-electron chi connectivity index (χ1n) is 3.83. The van der Waals surface area contributed by atoms with Gasteiger partial charge in [-0.2, -0.15) is 0 Å². The zero-order chi connectivity index (χ0) is 9.35. The molecule has 0 fully saturated rings. The number of ether oxygens (including phenoxy) is 1. The van der Waals surface area contributed by atoms with Gasteiger partial charge >= 0.3 is 29.6 Å². The van der Waals surface area contributed by atoms with Gasteiger partial charge in [0.05, 0.1) is 6.04 Å². The van der Waals surface area contributed by atoms with Gasteiger partial charge in [0.1, 0.15) is 12.6 Å². The number of carbonyl (C=O) groups is 1. The zero-order valence-electron chi connectivity index (χ0n) is 8.46. The molecule has 0 saturated carbocycles. The van der Waals surface area contributed by atoms with E-state index >= 15 is 0 Å². The second kappa shape index (κ2) is 4.44. The summed E-state index contributed by atoms with van der Waals surface area (Å²) in [6, 6.07) is -0.0783. The van der Waals surface area contributed by atoms with Crippen LogP contribution < -0.4 is 34.7 Å². The van der Waals surface area contributed by atoms with E-state index in [1.165, 1.54) is 0 Å². The van der Waals surface area contributed by atoms with Gasteiger partial charge in [-0.05, 0) is 5.41 Å². The largest absolute Gasteiger partial charge is 1.00 e. The molecule has 0 bridgehead atoms. The summed E-state index contributed by atoms with van der Waals surface area (Å²) in [6.45, 7) is 6.31. The van der Waals surface area contributed by atoms with Crippen molar-refractivity contribution in [3.8, 4) is 0 Å². The molecular formula is C8H12NNaO3. The minimum Gasteiger partial charge on any atom is -0.540 e. The summed E-state index contributed by atoms with van der Waals surface area (Å²) in [5.74, 6) is -1.60. The van der Waals surface area contributed by atoms with Crippen LogP contribution in [-0.2, 0) is 9.53 Å². The summed E-state index contributed by atoms with van der Waals surface area (Å²) in [5, 5.41) is 10.3. The molecule has 0 aliphatic carbocycles. The number of aliphatic imine (C=N–C) groups is 1. The van der Waals surface area contributed by atoms with Crippen LogP contribution in [0, 0.1) is 5.41 Å². The summed E-state index contributed by atoms with van der Waals surface area (Å²) in [5.41, 5.74) is -0.0583. The van der Waals surface area contributed by atoms with E-state index in [1.807, 2.05) is 20.8 Å². The molecule has 1 heterocycles. The maximum atomic E-state index is 10.3. The fourth-order valence-corrected chi connectivity index (χ4v) is 0.929. The molecule has 0 aromatic heterocycles. The van der Waals surface area contributed by atoms with Gasteiger partial charge in [-0.15, -0.1) is 0 Å². The van der Waals surface area contributed by atoms with Crippen molar-refractivity contribution < 1.29 is 44.2 Å². The first-order chi connectivity index (χ1) is 5.41. The molecule has 0 amide bonds. The minimum atomic E-state index is -1.33. The summed E-state index contributed by atoms with van der Waals surface area (Å²) in [6.07, 6.45) is 0. The average molecular weight is 193 g/mol. The van der Waals surface area contributed by atoms with Crippen LogP contribution >= 0.6 is 0 Å². The van der Waals surface area contributed by atoms with E-state index in [0.29, 0.717) is 6.61 Å². The predicted molar refractivity (Wildman–Crippen MR) is 41.6 cm³/mol. The Kier molecular flexibility index (Phi) is 4.42. The average Bonchev–Trinajstić information content (AvgIpc) is 2.30. The van der Waals surface area contributed by atoms with Gasteiger partial charge < -0.3 is 14.6 Å². The molecular weight excluding hydrogens is 181 g/mol. The van der Waals surface area contributed by atoms with Crippen molar-refractivity contribution >= 4 is 11.9 Å². The van der Waals surface area contributed by atoms with Gasteiger partial charge in [-0.3, -0.25) is 0 Å². The molecule has 0 aromatic rings. The van der Waals surface area contributed by atoms with Crippen molar-refractivity contribution in [2.45, 2.75) is 26.8 Å². The van der Waals surface area contributed by atoms with Crippen LogP contribution in [-0.4, -0.2) is 24.5 Å². The van der Waals surface area contributed by atoms with Gasteiger partial charge in [0.15, 0.2) is 0 Å². The molecule has 0 N–H and O–H groups in total. The number of carbonyl (C=O) groups excluding carboxylic acids is 1. The SMILES string of the molecule is CC(C)(C)[C@H]1COC(C(=O)[O-])=N1.[Na+]. The Labute approximate surface area is 99.7 Å². The van der Waals surface area contributed by atoms with Crippen LogP contribution in [0.3, 0.4) is 0 Å². The summed E-state index contributed by atoms with van der Waals surface area (Å²) >= 11 is 0. The summed E-state index contributed by atoms with van der Waals surface area (Å²) in [7, 11) is 0. The zero-order valence-corrected chi connectivity index (χ0v) is 10.5. The van der Waals surface area contributed by atoms with Gasteiger partial charge in [0.25, 0.3) is 0 Å². The van der Waals surface area contributed by atoms with Crippen LogP contribution in [0.15, 0.2) is 4.99 Å². The van der Waals surface area contributed by atoms with Gasteiger partial charge in [-0.25, -0.2) is 4.99 Å². The van der Waals surface area contributed by atoms with Crippen LogP contribution in [0.5, 0.6) is 0 Å². The van der Waals surface area contributed by atoms with Gasteiger partial charge in [-0.1, -0.05) is 20.8 Å². The van der Waals surface area contributed by atoms with E-state index in [2.05, 4.69) is 4.99 Å². The Morgan fingerprint density at radius 3 is 2.38 bits per heavy atom. The van der Waals surface area contributed by atoms with Gasteiger partial charge in [0.2, 0.25) is 5.90 Å². The quantitative estimate of drug-likeness (QED) is 0.407. The van der Waals surface area contributed by atoms with Crippen LogP contribution in [0.2, 0.25) is 0 Å². The molecule has 5 heteroatoms. The first kappa shape index (κ1) is 12.9. The standard InChI is InChI=1S/C8H13NO3.Na/c1-8(2,3)5-4-12-6(9-5)7(10)11;/h5H,4H2,1-3H3,(H,10,11);/q;+1/p-1/t5-;/m1./s1. The molecule has 1 aliphatic rings. The molecule has 1 aliphatic heterocycles. The molecule has 1 rings (SSSR count). The first-order valence-corrected chi connectivity index (χ1v) is 3.83. The molecule has 0 saturated heterocycles. The Morgan fingerprint density at radius 2 is 2.15 bits per heavy atom. The fraction of sp³-hybridized carbons (Fsp3) is 0.750. The molecule has 0 unspecified atom stereocenters.